The Hall–Kier alpha value is -4.06. The average Bonchev–Trinajstić information content (AvgIpc) is 3.07. The highest BCUT2D eigenvalue weighted by atomic mass is 35.5. The summed E-state index contributed by atoms with van der Waals surface area (Å²) >= 11 is 6.18. The molecule has 0 radical (unpaired) electrons. The molecule has 34 heavy (non-hydrogen) atoms. The van der Waals surface area contributed by atoms with Crippen molar-refractivity contribution in [3.63, 3.8) is 0 Å². The lowest BCUT2D eigenvalue weighted by atomic mass is 10.1. The number of hydrogen-bond donors (Lipinski definition) is 2. The van der Waals surface area contributed by atoms with Crippen molar-refractivity contribution in [2.45, 2.75) is 20.0 Å². The zero-order valence-corrected chi connectivity index (χ0v) is 18.3. The number of carbonyl (C=O) groups excluding carboxylic acids is 1. The minimum Gasteiger partial charge on any atom is -0.405 e. The van der Waals surface area contributed by atoms with Gasteiger partial charge in [0, 0.05) is 11.4 Å². The highest BCUT2D eigenvalue weighted by Gasteiger charge is 2.42. The number of alkyl halides is 3. The second kappa shape index (κ2) is 8.71. The maximum absolute atomic E-state index is 12.6. The number of anilines is 4. The maximum Gasteiger partial charge on any atom is 0.493 e. The quantitative estimate of drug-likeness (QED) is 0.413. The molecule has 2 aromatic carbocycles. The minimum absolute atomic E-state index is 0.101. The number of carbonyl (C=O) groups is 1. The summed E-state index contributed by atoms with van der Waals surface area (Å²) in [6.07, 6.45) is -3.94. The first-order valence-corrected chi connectivity index (χ1v) is 9.98. The molecule has 2 heterocycles. The van der Waals surface area contributed by atoms with Gasteiger partial charge in [-0.3, -0.25) is 0 Å². The van der Waals surface area contributed by atoms with Gasteiger partial charge in [0.2, 0.25) is 5.95 Å². The molecule has 2 aromatic heterocycles. The van der Waals surface area contributed by atoms with Crippen molar-refractivity contribution in [2.24, 2.45) is 0 Å². The standard InChI is InChI=1S/C21H15ClF3N5O4/c1-10-3-4-12(7-11(10)2)28-19-26-9-14(22)17(29-19)27-13-5-6-16-15(8-13)30(20(32)33-16)34-18(31)21(23,24)25/h3-9H,1-2H3,(H2,26,27,28,29). The van der Waals surface area contributed by atoms with Gasteiger partial charge in [0.15, 0.2) is 11.4 Å². The molecular formula is C21H15ClF3N5O4. The maximum atomic E-state index is 12.6. The smallest absolute Gasteiger partial charge is 0.405 e. The SMILES string of the molecule is Cc1ccc(Nc2ncc(Cl)c(Nc3ccc4oc(=O)n(OC(=O)C(F)(F)F)c4c3)n2)cc1C. The monoisotopic (exact) mass is 493 g/mol. The highest BCUT2D eigenvalue weighted by molar-refractivity contribution is 6.32. The Labute approximate surface area is 194 Å². The fourth-order valence-corrected chi connectivity index (χ4v) is 3.03. The lowest BCUT2D eigenvalue weighted by Crippen LogP contribution is -2.36. The molecule has 9 nitrogen and oxygen atoms in total. The fourth-order valence-electron chi connectivity index (χ4n) is 2.90. The summed E-state index contributed by atoms with van der Waals surface area (Å²) in [6, 6.07) is 9.74. The van der Waals surface area contributed by atoms with Crippen molar-refractivity contribution in [3.8, 4) is 0 Å². The van der Waals surface area contributed by atoms with E-state index in [1.807, 2.05) is 32.0 Å². The van der Waals surface area contributed by atoms with Crippen LogP contribution in [0, 0.1) is 13.8 Å². The molecule has 13 heteroatoms. The number of nitrogens with one attached hydrogen (secondary N) is 2. The molecule has 0 aliphatic carbocycles. The van der Waals surface area contributed by atoms with E-state index in [1.54, 1.807) is 0 Å². The number of aryl methyl sites for hydroxylation is 2. The zero-order chi connectivity index (χ0) is 24.6. The van der Waals surface area contributed by atoms with E-state index in [0.717, 1.165) is 16.8 Å². The van der Waals surface area contributed by atoms with E-state index in [1.165, 1.54) is 24.4 Å². The number of aromatic nitrogens is 3. The van der Waals surface area contributed by atoms with Gasteiger partial charge in [0.1, 0.15) is 10.5 Å². The molecule has 0 fully saturated rings. The summed E-state index contributed by atoms with van der Waals surface area (Å²) in [5.74, 6) is -3.47. The first-order valence-electron chi connectivity index (χ1n) is 9.60. The first-order chi connectivity index (χ1) is 16.0. The molecule has 176 valence electrons. The normalized spacial score (nSPS) is 11.5. The minimum atomic E-state index is -5.30. The van der Waals surface area contributed by atoms with Gasteiger partial charge >= 0.3 is 17.9 Å². The molecule has 0 aliphatic rings. The number of fused-ring (bicyclic) bond motifs is 1. The largest absolute Gasteiger partial charge is 0.493 e. The Morgan fingerprint density at radius 3 is 2.50 bits per heavy atom. The topological polar surface area (TPSA) is 111 Å². The van der Waals surface area contributed by atoms with Crippen molar-refractivity contribution in [1.82, 2.24) is 14.7 Å². The third-order valence-electron chi connectivity index (χ3n) is 4.72. The van der Waals surface area contributed by atoms with Crippen LogP contribution in [0.25, 0.3) is 11.1 Å². The van der Waals surface area contributed by atoms with Gasteiger partial charge < -0.3 is 19.9 Å². The van der Waals surface area contributed by atoms with E-state index in [0.29, 0.717) is 0 Å². The van der Waals surface area contributed by atoms with E-state index >= 15 is 0 Å². The van der Waals surface area contributed by atoms with E-state index in [9.17, 15) is 22.8 Å². The molecule has 0 saturated carbocycles. The van der Waals surface area contributed by atoms with Crippen molar-refractivity contribution in [3.05, 3.63) is 69.3 Å². The van der Waals surface area contributed by atoms with Crippen molar-refractivity contribution in [1.29, 1.82) is 0 Å². The number of oxazole rings is 1. The summed E-state index contributed by atoms with van der Waals surface area (Å²) in [5.41, 5.74) is 2.90. The number of benzene rings is 2. The third kappa shape index (κ3) is 4.81. The van der Waals surface area contributed by atoms with Crippen LogP contribution in [0.15, 0.2) is 51.8 Å². The van der Waals surface area contributed by atoms with Crippen LogP contribution >= 0.6 is 11.6 Å². The molecule has 0 amide bonds. The summed E-state index contributed by atoms with van der Waals surface area (Å²) < 4.78 is 42.6. The predicted molar refractivity (Wildman–Crippen MR) is 118 cm³/mol. The molecule has 0 atom stereocenters. The fraction of sp³-hybridized carbons (Fsp3) is 0.143. The summed E-state index contributed by atoms with van der Waals surface area (Å²) in [7, 11) is 0. The molecule has 2 N–H and O–H groups in total. The predicted octanol–water partition coefficient (Wildman–Crippen LogP) is 4.66. The number of halogens is 4. The molecule has 0 unspecified atom stereocenters. The van der Waals surface area contributed by atoms with E-state index in [4.69, 9.17) is 16.0 Å². The van der Waals surface area contributed by atoms with Crippen molar-refractivity contribution in [2.75, 3.05) is 10.6 Å². The van der Waals surface area contributed by atoms with Gasteiger partial charge in [-0.25, -0.2) is 14.6 Å². The Morgan fingerprint density at radius 2 is 1.79 bits per heavy atom. The zero-order valence-electron chi connectivity index (χ0n) is 17.5. The number of hydrogen-bond acceptors (Lipinski definition) is 8. The van der Waals surface area contributed by atoms with Crippen molar-refractivity contribution < 1.29 is 27.2 Å². The number of nitrogens with zero attached hydrogens (tertiary/aromatic N) is 3. The molecule has 0 bridgehead atoms. The van der Waals surface area contributed by atoms with Crippen LogP contribution in [0.2, 0.25) is 5.02 Å². The lowest BCUT2D eigenvalue weighted by Gasteiger charge is -2.11. The average molecular weight is 494 g/mol. The Morgan fingerprint density at radius 1 is 1.09 bits per heavy atom. The van der Waals surface area contributed by atoms with Gasteiger partial charge in [-0.15, -0.1) is 0 Å². The van der Waals surface area contributed by atoms with Gasteiger partial charge in [0.05, 0.1) is 6.20 Å². The molecule has 4 rings (SSSR count). The third-order valence-corrected chi connectivity index (χ3v) is 4.99. The summed E-state index contributed by atoms with van der Waals surface area (Å²) in [5, 5.41) is 6.10. The second-order valence-electron chi connectivity index (χ2n) is 7.16. The molecule has 0 spiro atoms. The Balaban J connectivity index is 1.62. The van der Waals surface area contributed by atoms with Crippen LogP contribution in [0.1, 0.15) is 11.1 Å². The summed E-state index contributed by atoms with van der Waals surface area (Å²) in [4.78, 5) is 35.6. The lowest BCUT2D eigenvalue weighted by molar-refractivity contribution is -0.200. The highest BCUT2D eigenvalue weighted by Crippen LogP contribution is 2.27. The van der Waals surface area contributed by atoms with E-state index in [-0.39, 0.29) is 38.3 Å². The van der Waals surface area contributed by atoms with Crippen LogP contribution in [-0.2, 0) is 4.79 Å². The van der Waals surface area contributed by atoms with Crippen LogP contribution < -0.4 is 21.2 Å². The van der Waals surface area contributed by atoms with Gasteiger partial charge in [-0.05, 0) is 55.3 Å². The van der Waals surface area contributed by atoms with Crippen LogP contribution in [0.4, 0.5) is 36.3 Å². The van der Waals surface area contributed by atoms with Crippen LogP contribution in [-0.4, -0.2) is 26.8 Å². The van der Waals surface area contributed by atoms with Gasteiger partial charge in [-0.1, -0.05) is 22.4 Å². The molecule has 0 saturated heterocycles. The summed E-state index contributed by atoms with van der Waals surface area (Å²) in [6.45, 7) is 3.95. The first kappa shape index (κ1) is 23.1. The van der Waals surface area contributed by atoms with E-state index in [2.05, 4.69) is 25.4 Å². The molecule has 0 aliphatic heterocycles. The van der Waals surface area contributed by atoms with E-state index < -0.39 is 17.9 Å². The Bertz CT molecular complexity index is 1470. The molecular weight excluding hydrogens is 479 g/mol. The van der Waals surface area contributed by atoms with Gasteiger partial charge in [-0.2, -0.15) is 18.2 Å². The Kier molecular flexibility index (Phi) is 5.92. The molecule has 4 aromatic rings. The van der Waals surface area contributed by atoms with Crippen molar-refractivity contribution >= 4 is 51.8 Å². The second-order valence-corrected chi connectivity index (χ2v) is 7.57. The van der Waals surface area contributed by atoms with Crippen LogP contribution in [0.3, 0.4) is 0 Å². The van der Waals surface area contributed by atoms with Gasteiger partial charge in [0.25, 0.3) is 0 Å². The number of rotatable bonds is 5. The van der Waals surface area contributed by atoms with Crippen LogP contribution in [0.5, 0.6) is 0 Å².